The molecular weight excluding hydrogens is 158 g/mol. The van der Waals surface area contributed by atoms with E-state index < -0.39 is 5.91 Å². The molecule has 0 unspecified atom stereocenters. The Balaban J connectivity index is 2.75. The van der Waals surface area contributed by atoms with Crippen molar-refractivity contribution in [3.05, 3.63) is 23.8 Å². The van der Waals surface area contributed by atoms with Crippen LogP contribution in [0.25, 0.3) is 0 Å². The maximum absolute atomic E-state index is 11.0. The molecule has 1 aromatic heterocycles. The molecule has 1 heterocycles. The molecule has 0 bridgehead atoms. The first kappa shape index (κ1) is 8.61. The van der Waals surface area contributed by atoms with Gasteiger partial charge in [-0.05, 0) is 6.92 Å². The Hall–Kier alpha value is -1.49. The van der Waals surface area contributed by atoms with Crippen LogP contribution < -0.4 is 5.48 Å². The van der Waals surface area contributed by atoms with Crippen LogP contribution in [0.1, 0.15) is 16.2 Å². The minimum Gasteiger partial charge on any atom is -0.277 e. The van der Waals surface area contributed by atoms with E-state index in [4.69, 9.17) is 0 Å². The Bertz CT molecular complexity index is 270. The van der Waals surface area contributed by atoms with Crippen LogP contribution >= 0.6 is 0 Å². The fourth-order valence-corrected chi connectivity index (χ4v) is 0.655. The van der Waals surface area contributed by atoms with Crippen LogP contribution in [0, 0.1) is 6.92 Å². The predicted molar refractivity (Wildman–Crippen MR) is 41.2 cm³/mol. The Morgan fingerprint density at radius 1 is 1.50 bits per heavy atom. The van der Waals surface area contributed by atoms with E-state index in [0.717, 1.165) is 5.69 Å². The second-order valence-electron chi connectivity index (χ2n) is 2.18. The summed E-state index contributed by atoms with van der Waals surface area (Å²) >= 11 is 0. The molecule has 1 amide bonds. The van der Waals surface area contributed by atoms with Gasteiger partial charge in [-0.1, -0.05) is 0 Å². The number of carbonyl (C=O) groups excluding carboxylic acids is 1. The summed E-state index contributed by atoms with van der Waals surface area (Å²) < 4.78 is 0. The fourth-order valence-electron chi connectivity index (χ4n) is 0.655. The SMILES string of the molecule is CONC(=O)c1cnc(C)cn1. The van der Waals surface area contributed by atoms with Crippen LogP contribution in [0.15, 0.2) is 12.4 Å². The van der Waals surface area contributed by atoms with Crippen LogP contribution in [-0.2, 0) is 4.84 Å². The zero-order valence-corrected chi connectivity index (χ0v) is 6.87. The van der Waals surface area contributed by atoms with Crippen molar-refractivity contribution in [1.29, 1.82) is 0 Å². The molecule has 5 heteroatoms. The number of rotatable bonds is 2. The van der Waals surface area contributed by atoms with Crippen molar-refractivity contribution in [3.63, 3.8) is 0 Å². The number of hydroxylamine groups is 1. The summed E-state index contributed by atoms with van der Waals surface area (Å²) in [6.45, 7) is 1.80. The van der Waals surface area contributed by atoms with Gasteiger partial charge in [-0.2, -0.15) is 0 Å². The first-order valence-corrected chi connectivity index (χ1v) is 3.36. The van der Waals surface area contributed by atoms with E-state index >= 15 is 0 Å². The van der Waals surface area contributed by atoms with E-state index in [0.29, 0.717) is 0 Å². The van der Waals surface area contributed by atoms with E-state index in [-0.39, 0.29) is 5.69 Å². The summed E-state index contributed by atoms with van der Waals surface area (Å²) in [6.07, 6.45) is 2.91. The number of nitrogens with zero attached hydrogens (tertiary/aromatic N) is 2. The molecule has 0 spiro atoms. The zero-order valence-electron chi connectivity index (χ0n) is 6.87. The number of hydrogen-bond donors (Lipinski definition) is 1. The lowest BCUT2D eigenvalue weighted by Gasteiger charge is -1.99. The highest BCUT2D eigenvalue weighted by atomic mass is 16.6. The molecule has 1 aromatic rings. The van der Waals surface area contributed by atoms with Crippen LogP contribution in [0.5, 0.6) is 0 Å². The first-order chi connectivity index (χ1) is 5.74. The van der Waals surface area contributed by atoms with Crippen LogP contribution in [0.2, 0.25) is 0 Å². The average molecular weight is 167 g/mol. The molecule has 0 saturated heterocycles. The van der Waals surface area contributed by atoms with Gasteiger partial charge < -0.3 is 0 Å². The molecule has 64 valence electrons. The van der Waals surface area contributed by atoms with E-state index in [1.54, 1.807) is 6.92 Å². The summed E-state index contributed by atoms with van der Waals surface area (Å²) in [6, 6.07) is 0. The molecular formula is C7H9N3O2. The first-order valence-electron chi connectivity index (χ1n) is 3.36. The lowest BCUT2D eigenvalue weighted by molar-refractivity contribution is 0.0532. The molecule has 0 radical (unpaired) electrons. The van der Waals surface area contributed by atoms with Gasteiger partial charge in [0.05, 0.1) is 19.0 Å². The molecule has 0 saturated carbocycles. The van der Waals surface area contributed by atoms with E-state index in [9.17, 15) is 4.79 Å². The highest BCUT2D eigenvalue weighted by Crippen LogP contribution is 1.92. The van der Waals surface area contributed by atoms with Gasteiger partial charge in [-0.25, -0.2) is 10.5 Å². The minimum absolute atomic E-state index is 0.238. The number of amides is 1. The molecule has 0 aliphatic heterocycles. The maximum Gasteiger partial charge on any atom is 0.295 e. The van der Waals surface area contributed by atoms with Gasteiger partial charge in [0.1, 0.15) is 5.69 Å². The van der Waals surface area contributed by atoms with Crippen molar-refractivity contribution in [2.24, 2.45) is 0 Å². The smallest absolute Gasteiger partial charge is 0.277 e. The monoisotopic (exact) mass is 167 g/mol. The Kier molecular flexibility index (Phi) is 2.71. The second kappa shape index (κ2) is 3.77. The number of aromatic nitrogens is 2. The van der Waals surface area contributed by atoms with Gasteiger partial charge in [-0.15, -0.1) is 0 Å². The van der Waals surface area contributed by atoms with Crippen molar-refractivity contribution >= 4 is 5.91 Å². The van der Waals surface area contributed by atoms with Gasteiger partial charge in [-0.3, -0.25) is 14.6 Å². The predicted octanol–water partition coefficient (Wildman–Crippen LogP) is 0.0762. The second-order valence-corrected chi connectivity index (χ2v) is 2.18. The van der Waals surface area contributed by atoms with E-state index in [1.165, 1.54) is 19.5 Å². The largest absolute Gasteiger partial charge is 0.295 e. The van der Waals surface area contributed by atoms with Gasteiger partial charge >= 0.3 is 0 Å². The normalized spacial score (nSPS) is 9.50. The van der Waals surface area contributed by atoms with Crippen molar-refractivity contribution in [3.8, 4) is 0 Å². The van der Waals surface area contributed by atoms with Gasteiger partial charge in [0.2, 0.25) is 0 Å². The Labute approximate surface area is 69.7 Å². The Morgan fingerprint density at radius 3 is 2.75 bits per heavy atom. The lowest BCUT2D eigenvalue weighted by Crippen LogP contribution is -2.23. The summed E-state index contributed by atoms with van der Waals surface area (Å²) in [5.74, 6) is -0.398. The molecule has 5 nitrogen and oxygen atoms in total. The Morgan fingerprint density at radius 2 is 2.25 bits per heavy atom. The summed E-state index contributed by atoms with van der Waals surface area (Å²) in [5.41, 5.74) is 3.15. The molecule has 0 atom stereocenters. The van der Waals surface area contributed by atoms with Gasteiger partial charge in [0, 0.05) is 6.20 Å². The number of carbonyl (C=O) groups is 1. The van der Waals surface area contributed by atoms with E-state index in [1.807, 2.05) is 0 Å². The van der Waals surface area contributed by atoms with Crippen molar-refractivity contribution in [2.75, 3.05) is 7.11 Å². The van der Waals surface area contributed by atoms with Crippen molar-refractivity contribution < 1.29 is 9.63 Å². The number of hydrogen-bond acceptors (Lipinski definition) is 4. The van der Waals surface area contributed by atoms with Crippen molar-refractivity contribution in [2.45, 2.75) is 6.92 Å². The topological polar surface area (TPSA) is 64.1 Å². The van der Waals surface area contributed by atoms with Crippen LogP contribution in [0.3, 0.4) is 0 Å². The summed E-state index contributed by atoms with van der Waals surface area (Å²) in [5, 5.41) is 0. The third-order valence-corrected chi connectivity index (χ3v) is 1.21. The summed E-state index contributed by atoms with van der Waals surface area (Å²) in [7, 11) is 1.36. The molecule has 0 aromatic carbocycles. The highest BCUT2D eigenvalue weighted by molar-refractivity contribution is 5.91. The third kappa shape index (κ3) is 2.00. The molecule has 1 N–H and O–H groups in total. The maximum atomic E-state index is 11.0. The van der Waals surface area contributed by atoms with Gasteiger partial charge in [0.25, 0.3) is 5.91 Å². The number of nitrogens with one attached hydrogen (secondary N) is 1. The number of aryl methyl sites for hydroxylation is 1. The molecule has 12 heavy (non-hydrogen) atoms. The minimum atomic E-state index is -0.398. The molecule has 1 rings (SSSR count). The summed E-state index contributed by atoms with van der Waals surface area (Å²) in [4.78, 5) is 23.2. The van der Waals surface area contributed by atoms with Crippen molar-refractivity contribution in [1.82, 2.24) is 15.4 Å². The quantitative estimate of drug-likeness (QED) is 0.633. The molecule has 0 aliphatic carbocycles. The lowest BCUT2D eigenvalue weighted by atomic mass is 10.4. The van der Waals surface area contributed by atoms with Gasteiger partial charge in [0.15, 0.2) is 0 Å². The third-order valence-electron chi connectivity index (χ3n) is 1.21. The van der Waals surface area contributed by atoms with Crippen LogP contribution in [0.4, 0.5) is 0 Å². The zero-order chi connectivity index (χ0) is 8.97. The standard InChI is InChI=1S/C7H9N3O2/c1-5-3-9-6(4-8-5)7(11)10-12-2/h3-4H,1-2H3,(H,10,11). The average Bonchev–Trinajstić information content (AvgIpc) is 2.06. The molecule has 0 aliphatic rings. The molecule has 0 fully saturated rings. The highest BCUT2D eigenvalue weighted by Gasteiger charge is 2.05. The van der Waals surface area contributed by atoms with Crippen LogP contribution in [-0.4, -0.2) is 23.0 Å². The fraction of sp³-hybridized carbons (Fsp3) is 0.286. The van der Waals surface area contributed by atoms with E-state index in [2.05, 4.69) is 20.3 Å².